The molecule has 2 aromatic rings. The highest BCUT2D eigenvalue weighted by Gasteiger charge is 2.20. The molecule has 0 aromatic heterocycles. The molecule has 2 aromatic carbocycles. The lowest BCUT2D eigenvalue weighted by molar-refractivity contribution is 0.0902. The van der Waals surface area contributed by atoms with Gasteiger partial charge in [-0.3, -0.25) is 0 Å². The third-order valence-corrected chi connectivity index (χ3v) is 4.21. The van der Waals surface area contributed by atoms with Crippen molar-refractivity contribution in [3.8, 4) is 23.0 Å². The molecule has 1 atom stereocenters. The normalized spacial score (nSPS) is 18.3. The third-order valence-electron chi connectivity index (χ3n) is 3.93. The molecule has 126 valence electrons. The van der Waals surface area contributed by atoms with Gasteiger partial charge in [-0.1, -0.05) is 23.7 Å². The number of halogens is 1. The number of rotatable bonds is 4. The first kappa shape index (κ1) is 15.4. The van der Waals surface area contributed by atoms with E-state index in [1.54, 1.807) is 0 Å². The number of fused-ring (bicyclic) bond motifs is 2. The molecular formula is C18H18ClNO4. The van der Waals surface area contributed by atoms with Crippen molar-refractivity contribution < 1.29 is 18.9 Å². The van der Waals surface area contributed by atoms with Gasteiger partial charge in [-0.05, 0) is 29.8 Å². The Balaban J connectivity index is 1.34. The van der Waals surface area contributed by atoms with Gasteiger partial charge in [0.2, 0.25) is 0 Å². The monoisotopic (exact) mass is 347 g/mol. The second-order valence-corrected chi connectivity index (χ2v) is 6.14. The largest absolute Gasteiger partial charge is 0.486 e. The molecule has 4 rings (SSSR count). The van der Waals surface area contributed by atoms with E-state index < -0.39 is 0 Å². The SMILES string of the molecule is Clc1cc(CNC[C@@H]2COc3ccccc3O2)cc2c1OCCO2. The first-order chi connectivity index (χ1) is 11.8. The Morgan fingerprint density at radius 1 is 1.00 bits per heavy atom. The summed E-state index contributed by atoms with van der Waals surface area (Å²) in [6.45, 7) is 2.96. The summed E-state index contributed by atoms with van der Waals surface area (Å²) in [7, 11) is 0. The van der Waals surface area contributed by atoms with Crippen LogP contribution in [0.25, 0.3) is 0 Å². The van der Waals surface area contributed by atoms with Crippen molar-refractivity contribution in [3.05, 3.63) is 47.0 Å². The fourth-order valence-electron chi connectivity index (χ4n) is 2.81. The van der Waals surface area contributed by atoms with E-state index in [1.165, 1.54) is 0 Å². The van der Waals surface area contributed by atoms with Crippen molar-refractivity contribution in [2.45, 2.75) is 12.6 Å². The van der Waals surface area contributed by atoms with Crippen LogP contribution in [0.1, 0.15) is 5.56 Å². The quantitative estimate of drug-likeness (QED) is 0.921. The molecule has 0 bridgehead atoms. The summed E-state index contributed by atoms with van der Waals surface area (Å²) >= 11 is 6.25. The van der Waals surface area contributed by atoms with Crippen molar-refractivity contribution in [1.29, 1.82) is 0 Å². The molecule has 0 saturated heterocycles. The van der Waals surface area contributed by atoms with Gasteiger partial charge >= 0.3 is 0 Å². The third kappa shape index (κ3) is 3.23. The Kier molecular flexibility index (Phi) is 4.36. The van der Waals surface area contributed by atoms with Crippen LogP contribution in [-0.2, 0) is 6.54 Å². The molecule has 2 heterocycles. The predicted octanol–water partition coefficient (Wildman–Crippen LogP) is 3.04. The molecule has 5 nitrogen and oxygen atoms in total. The average molecular weight is 348 g/mol. The standard InChI is InChI=1S/C18H18ClNO4/c19-14-7-12(8-17-18(14)22-6-5-21-17)9-20-10-13-11-23-15-3-1-2-4-16(15)24-13/h1-4,7-8,13,20H,5-6,9-11H2/t13-/m1/s1. The van der Waals surface area contributed by atoms with Crippen LogP contribution < -0.4 is 24.3 Å². The molecule has 0 unspecified atom stereocenters. The average Bonchev–Trinajstić information content (AvgIpc) is 2.62. The molecule has 1 N–H and O–H groups in total. The van der Waals surface area contributed by atoms with Crippen molar-refractivity contribution in [2.24, 2.45) is 0 Å². The topological polar surface area (TPSA) is 49.0 Å². The van der Waals surface area contributed by atoms with Crippen LogP contribution in [0.3, 0.4) is 0 Å². The summed E-state index contributed by atoms with van der Waals surface area (Å²) in [6.07, 6.45) is -0.0208. The van der Waals surface area contributed by atoms with Gasteiger partial charge in [0.1, 0.15) is 25.9 Å². The second kappa shape index (κ2) is 6.79. The van der Waals surface area contributed by atoms with E-state index in [4.69, 9.17) is 30.5 Å². The van der Waals surface area contributed by atoms with Crippen LogP contribution in [0.15, 0.2) is 36.4 Å². The fourth-order valence-corrected chi connectivity index (χ4v) is 3.10. The Bertz CT molecular complexity index is 737. The highest BCUT2D eigenvalue weighted by molar-refractivity contribution is 6.32. The van der Waals surface area contributed by atoms with Crippen LogP contribution >= 0.6 is 11.6 Å². The Morgan fingerprint density at radius 2 is 1.83 bits per heavy atom. The second-order valence-electron chi connectivity index (χ2n) is 5.73. The summed E-state index contributed by atoms with van der Waals surface area (Å²) < 4.78 is 22.8. The van der Waals surface area contributed by atoms with Gasteiger partial charge in [0.25, 0.3) is 0 Å². The first-order valence-corrected chi connectivity index (χ1v) is 8.34. The molecule has 0 spiro atoms. The van der Waals surface area contributed by atoms with Crippen LogP contribution in [-0.4, -0.2) is 32.5 Å². The Hall–Kier alpha value is -2.11. The lowest BCUT2D eigenvalue weighted by Gasteiger charge is -2.26. The summed E-state index contributed by atoms with van der Waals surface area (Å²) in [6, 6.07) is 11.6. The minimum Gasteiger partial charge on any atom is -0.486 e. The summed E-state index contributed by atoms with van der Waals surface area (Å²) in [5, 5.41) is 3.96. The highest BCUT2D eigenvalue weighted by atomic mass is 35.5. The molecule has 0 radical (unpaired) electrons. The number of nitrogens with one attached hydrogen (secondary N) is 1. The maximum absolute atomic E-state index is 6.25. The minimum atomic E-state index is -0.0208. The van der Waals surface area contributed by atoms with Crippen molar-refractivity contribution in [1.82, 2.24) is 5.32 Å². The zero-order valence-corrected chi connectivity index (χ0v) is 13.8. The number of benzene rings is 2. The summed E-state index contributed by atoms with van der Waals surface area (Å²) in [4.78, 5) is 0. The lowest BCUT2D eigenvalue weighted by Crippen LogP contribution is -2.38. The predicted molar refractivity (Wildman–Crippen MR) is 90.5 cm³/mol. The molecule has 2 aliphatic heterocycles. The smallest absolute Gasteiger partial charge is 0.179 e. The van der Waals surface area contributed by atoms with E-state index in [2.05, 4.69) is 5.32 Å². The number of para-hydroxylation sites is 2. The van der Waals surface area contributed by atoms with Crippen molar-refractivity contribution in [3.63, 3.8) is 0 Å². The number of ether oxygens (including phenoxy) is 4. The number of hydrogen-bond acceptors (Lipinski definition) is 5. The zero-order valence-electron chi connectivity index (χ0n) is 13.1. The molecule has 0 aliphatic carbocycles. The number of hydrogen-bond donors (Lipinski definition) is 1. The summed E-state index contributed by atoms with van der Waals surface area (Å²) in [5.74, 6) is 2.93. The molecule has 6 heteroatoms. The van der Waals surface area contributed by atoms with Crippen LogP contribution in [0.2, 0.25) is 5.02 Å². The van der Waals surface area contributed by atoms with Gasteiger partial charge < -0.3 is 24.3 Å². The highest BCUT2D eigenvalue weighted by Crippen LogP contribution is 2.38. The molecular weight excluding hydrogens is 330 g/mol. The maximum atomic E-state index is 6.25. The van der Waals surface area contributed by atoms with Gasteiger partial charge in [0, 0.05) is 13.1 Å². The van der Waals surface area contributed by atoms with Crippen LogP contribution in [0.5, 0.6) is 23.0 Å². The van der Waals surface area contributed by atoms with E-state index in [1.807, 2.05) is 36.4 Å². The van der Waals surface area contributed by atoms with Gasteiger partial charge in [0.15, 0.2) is 23.0 Å². The first-order valence-electron chi connectivity index (χ1n) is 7.97. The molecule has 0 fully saturated rings. The van der Waals surface area contributed by atoms with E-state index in [9.17, 15) is 0 Å². The van der Waals surface area contributed by atoms with E-state index in [-0.39, 0.29) is 6.10 Å². The Labute approximate surface area is 145 Å². The fraction of sp³-hybridized carbons (Fsp3) is 0.333. The van der Waals surface area contributed by atoms with Crippen LogP contribution in [0, 0.1) is 0 Å². The zero-order chi connectivity index (χ0) is 16.4. The van der Waals surface area contributed by atoms with Gasteiger partial charge in [0.05, 0.1) is 5.02 Å². The van der Waals surface area contributed by atoms with E-state index >= 15 is 0 Å². The van der Waals surface area contributed by atoms with E-state index in [0.717, 1.165) is 17.1 Å². The van der Waals surface area contributed by atoms with Crippen molar-refractivity contribution in [2.75, 3.05) is 26.4 Å². The van der Waals surface area contributed by atoms with Crippen molar-refractivity contribution >= 4 is 11.6 Å². The van der Waals surface area contributed by atoms with Gasteiger partial charge in [-0.2, -0.15) is 0 Å². The molecule has 0 saturated carbocycles. The van der Waals surface area contributed by atoms with Gasteiger partial charge in [-0.15, -0.1) is 0 Å². The summed E-state index contributed by atoms with van der Waals surface area (Å²) in [5.41, 5.74) is 1.04. The molecule has 24 heavy (non-hydrogen) atoms. The Morgan fingerprint density at radius 3 is 2.75 bits per heavy atom. The van der Waals surface area contributed by atoms with Gasteiger partial charge in [-0.25, -0.2) is 0 Å². The van der Waals surface area contributed by atoms with Crippen LogP contribution in [0.4, 0.5) is 0 Å². The minimum absolute atomic E-state index is 0.0208. The maximum Gasteiger partial charge on any atom is 0.179 e. The molecule has 0 amide bonds. The lowest BCUT2D eigenvalue weighted by atomic mass is 10.2. The van der Waals surface area contributed by atoms with E-state index in [0.29, 0.717) is 49.4 Å². The molecule has 2 aliphatic rings.